The Labute approximate surface area is 47.3 Å². The minimum absolute atomic E-state index is 0.309. The lowest BCUT2D eigenvalue weighted by Crippen LogP contribution is -2.06. The highest BCUT2D eigenvalue weighted by molar-refractivity contribution is 5.56. The third-order valence-corrected chi connectivity index (χ3v) is 1.16. The molecule has 3 heteroatoms. The number of aliphatic hydroxyl groups excluding tert-OH is 1. The zero-order chi connectivity index (χ0) is 5.98. The molecule has 0 aliphatic carbocycles. The van der Waals surface area contributed by atoms with Gasteiger partial charge in [-0.25, -0.2) is 0 Å². The lowest BCUT2D eigenvalue weighted by Gasteiger charge is -1.93. The molecule has 1 rings (SSSR count). The van der Waals surface area contributed by atoms with Crippen molar-refractivity contribution in [3.8, 4) is 0 Å². The van der Waals surface area contributed by atoms with Crippen LogP contribution in [0.5, 0.6) is 0 Å². The fourth-order valence-corrected chi connectivity index (χ4v) is 0.734. The number of hydrogen-bond donors (Lipinski definition) is 1. The maximum absolute atomic E-state index is 9.92. The third-order valence-electron chi connectivity index (χ3n) is 1.16. The van der Waals surface area contributed by atoms with E-state index in [0.717, 1.165) is 6.29 Å². The minimum atomic E-state index is -0.426. The average molecular weight is 116 g/mol. The van der Waals surface area contributed by atoms with E-state index in [1.807, 2.05) is 0 Å². The molecule has 0 spiro atoms. The SMILES string of the molecule is O=CC1CC(O)CO1. The Balaban J connectivity index is 2.32. The first-order chi connectivity index (χ1) is 3.83. The van der Waals surface area contributed by atoms with Crippen molar-refractivity contribution in [1.82, 2.24) is 0 Å². The molecule has 1 heterocycles. The van der Waals surface area contributed by atoms with E-state index < -0.39 is 6.10 Å². The van der Waals surface area contributed by atoms with Gasteiger partial charge >= 0.3 is 0 Å². The largest absolute Gasteiger partial charge is 0.391 e. The Morgan fingerprint density at radius 3 is 2.75 bits per heavy atom. The van der Waals surface area contributed by atoms with E-state index >= 15 is 0 Å². The fourth-order valence-electron chi connectivity index (χ4n) is 0.734. The Kier molecular flexibility index (Phi) is 1.60. The van der Waals surface area contributed by atoms with Crippen LogP contribution in [0.3, 0.4) is 0 Å². The quantitative estimate of drug-likeness (QED) is 0.462. The van der Waals surface area contributed by atoms with Gasteiger partial charge in [-0.1, -0.05) is 0 Å². The summed E-state index contributed by atoms with van der Waals surface area (Å²) in [7, 11) is 0. The lowest BCUT2D eigenvalue weighted by atomic mass is 10.2. The monoisotopic (exact) mass is 116 g/mol. The molecular weight excluding hydrogens is 108 g/mol. The van der Waals surface area contributed by atoms with Gasteiger partial charge in [0, 0.05) is 6.42 Å². The molecule has 1 aliphatic heterocycles. The van der Waals surface area contributed by atoms with Gasteiger partial charge in [-0.2, -0.15) is 0 Å². The molecule has 2 unspecified atom stereocenters. The normalized spacial score (nSPS) is 37.6. The topological polar surface area (TPSA) is 46.5 Å². The number of carbonyl (C=O) groups excluding carboxylic acids is 1. The summed E-state index contributed by atoms with van der Waals surface area (Å²) in [5.74, 6) is 0. The highest BCUT2D eigenvalue weighted by Gasteiger charge is 2.22. The first-order valence-electron chi connectivity index (χ1n) is 2.58. The van der Waals surface area contributed by atoms with Crippen molar-refractivity contribution in [1.29, 1.82) is 0 Å². The van der Waals surface area contributed by atoms with Gasteiger partial charge < -0.3 is 14.6 Å². The predicted molar refractivity (Wildman–Crippen MR) is 26.4 cm³/mol. The van der Waals surface area contributed by atoms with Crippen LogP contribution in [0.15, 0.2) is 0 Å². The van der Waals surface area contributed by atoms with Crippen molar-refractivity contribution in [2.75, 3.05) is 6.61 Å². The maximum atomic E-state index is 9.92. The van der Waals surface area contributed by atoms with Crippen LogP contribution in [0.25, 0.3) is 0 Å². The van der Waals surface area contributed by atoms with E-state index in [-0.39, 0.29) is 6.10 Å². The average Bonchev–Trinajstić information content (AvgIpc) is 2.14. The molecule has 2 atom stereocenters. The molecule has 0 aromatic carbocycles. The van der Waals surface area contributed by atoms with E-state index in [1.165, 1.54) is 0 Å². The van der Waals surface area contributed by atoms with Gasteiger partial charge in [0.25, 0.3) is 0 Å². The van der Waals surface area contributed by atoms with Gasteiger partial charge in [-0.05, 0) is 0 Å². The van der Waals surface area contributed by atoms with Crippen molar-refractivity contribution in [3.63, 3.8) is 0 Å². The lowest BCUT2D eigenvalue weighted by molar-refractivity contribution is -0.115. The summed E-state index contributed by atoms with van der Waals surface area (Å²) in [5, 5.41) is 8.75. The number of hydrogen-bond acceptors (Lipinski definition) is 3. The van der Waals surface area contributed by atoms with Crippen LogP contribution in [0.1, 0.15) is 6.42 Å². The zero-order valence-electron chi connectivity index (χ0n) is 4.41. The van der Waals surface area contributed by atoms with Gasteiger partial charge in [0.15, 0.2) is 0 Å². The molecule has 1 N–H and O–H groups in total. The molecule has 1 fully saturated rings. The van der Waals surface area contributed by atoms with Crippen molar-refractivity contribution in [3.05, 3.63) is 0 Å². The zero-order valence-corrected chi connectivity index (χ0v) is 4.41. The molecule has 8 heavy (non-hydrogen) atoms. The van der Waals surface area contributed by atoms with Crippen LogP contribution < -0.4 is 0 Å². The second-order valence-electron chi connectivity index (χ2n) is 1.90. The van der Waals surface area contributed by atoms with Gasteiger partial charge in [0.2, 0.25) is 0 Å². The summed E-state index contributed by atoms with van der Waals surface area (Å²) < 4.78 is 4.80. The number of aliphatic hydroxyl groups is 1. The Hall–Kier alpha value is -0.410. The van der Waals surface area contributed by atoms with Gasteiger partial charge in [-0.15, -0.1) is 0 Å². The Morgan fingerprint density at radius 2 is 2.50 bits per heavy atom. The number of ether oxygens (including phenoxy) is 1. The van der Waals surface area contributed by atoms with Crippen molar-refractivity contribution < 1.29 is 14.6 Å². The summed E-state index contributed by atoms with van der Waals surface area (Å²) in [4.78, 5) is 9.92. The van der Waals surface area contributed by atoms with E-state index in [9.17, 15) is 4.79 Å². The molecule has 0 bridgehead atoms. The van der Waals surface area contributed by atoms with Crippen LogP contribution in [0.2, 0.25) is 0 Å². The van der Waals surface area contributed by atoms with Crippen LogP contribution >= 0.6 is 0 Å². The molecule has 1 saturated heterocycles. The summed E-state index contributed by atoms with van der Waals surface area (Å²) >= 11 is 0. The molecule has 0 aromatic rings. The van der Waals surface area contributed by atoms with Gasteiger partial charge in [0.05, 0.1) is 12.7 Å². The highest BCUT2D eigenvalue weighted by Crippen LogP contribution is 2.09. The molecule has 46 valence electrons. The second-order valence-corrected chi connectivity index (χ2v) is 1.90. The maximum Gasteiger partial charge on any atom is 0.148 e. The molecule has 3 nitrogen and oxygen atoms in total. The van der Waals surface area contributed by atoms with Gasteiger partial charge in [-0.3, -0.25) is 0 Å². The summed E-state index contributed by atoms with van der Waals surface area (Å²) in [5.41, 5.74) is 0. The van der Waals surface area contributed by atoms with Gasteiger partial charge in [0.1, 0.15) is 12.4 Å². The van der Waals surface area contributed by atoms with E-state index in [0.29, 0.717) is 13.0 Å². The molecule has 0 radical (unpaired) electrons. The number of aldehydes is 1. The molecule has 0 saturated carbocycles. The Bertz CT molecular complexity index is 91.7. The smallest absolute Gasteiger partial charge is 0.148 e. The number of carbonyl (C=O) groups is 1. The van der Waals surface area contributed by atoms with E-state index in [1.54, 1.807) is 0 Å². The Morgan fingerprint density at radius 1 is 1.75 bits per heavy atom. The summed E-state index contributed by atoms with van der Waals surface area (Å²) in [6.45, 7) is 0.309. The predicted octanol–water partition coefficient (Wildman–Crippen LogP) is -0.665. The summed E-state index contributed by atoms with van der Waals surface area (Å²) in [6, 6.07) is 0. The molecule has 0 amide bonds. The van der Waals surface area contributed by atoms with Crippen molar-refractivity contribution in [2.45, 2.75) is 18.6 Å². The standard InChI is InChI=1S/C5H8O3/c6-2-5-1-4(7)3-8-5/h2,4-5,7H,1,3H2. The number of rotatable bonds is 1. The third kappa shape index (κ3) is 1.05. The van der Waals surface area contributed by atoms with Crippen LogP contribution in [-0.4, -0.2) is 30.2 Å². The second kappa shape index (κ2) is 2.24. The fraction of sp³-hybridized carbons (Fsp3) is 0.800. The minimum Gasteiger partial charge on any atom is -0.391 e. The van der Waals surface area contributed by atoms with Crippen molar-refractivity contribution in [2.24, 2.45) is 0 Å². The van der Waals surface area contributed by atoms with Crippen LogP contribution in [0, 0.1) is 0 Å². The van der Waals surface area contributed by atoms with Crippen molar-refractivity contribution >= 4 is 6.29 Å². The van der Waals surface area contributed by atoms with Crippen LogP contribution in [0.4, 0.5) is 0 Å². The molecule has 0 aromatic heterocycles. The summed E-state index contributed by atoms with van der Waals surface area (Å²) in [6.07, 6.45) is 0.398. The first kappa shape index (κ1) is 5.72. The van der Waals surface area contributed by atoms with E-state index in [4.69, 9.17) is 9.84 Å². The van der Waals surface area contributed by atoms with Crippen LogP contribution in [-0.2, 0) is 9.53 Å². The molecular formula is C5H8O3. The highest BCUT2D eigenvalue weighted by atomic mass is 16.5. The molecule has 1 aliphatic rings. The first-order valence-corrected chi connectivity index (χ1v) is 2.58. The van der Waals surface area contributed by atoms with E-state index in [2.05, 4.69) is 0 Å².